The van der Waals surface area contributed by atoms with Crippen molar-refractivity contribution < 1.29 is 31.1 Å². The Hall–Kier alpha value is -4.38. The Morgan fingerprint density at radius 3 is 1.85 bits per heavy atom. The van der Waals surface area contributed by atoms with Crippen LogP contribution in [-0.4, -0.2) is 36.0 Å². The number of rotatable bonds is 9. The number of amides is 1. The third kappa shape index (κ3) is 8.74. The van der Waals surface area contributed by atoms with Crippen LogP contribution in [0, 0.1) is 0 Å². The van der Waals surface area contributed by atoms with Gasteiger partial charge in [0.1, 0.15) is 11.4 Å². The molecule has 0 N–H and O–H groups in total. The van der Waals surface area contributed by atoms with Crippen molar-refractivity contribution in [1.82, 2.24) is 9.88 Å². The van der Waals surface area contributed by atoms with Crippen LogP contribution in [0.4, 0.5) is 23.8 Å². The first-order valence-corrected chi connectivity index (χ1v) is 17.4. The zero-order chi connectivity index (χ0) is 34.5. The Morgan fingerprint density at radius 2 is 1.35 bits per heavy atom. The molecule has 0 saturated heterocycles. The van der Waals surface area contributed by atoms with Gasteiger partial charge in [-0.1, -0.05) is 73.9 Å². The molecule has 254 valence electrons. The smallest absolute Gasteiger partial charge is 0.416 e. The Morgan fingerprint density at radius 1 is 0.792 bits per heavy atom. The largest absolute Gasteiger partial charge is 0.444 e. The molecule has 0 unspecified atom stereocenters. The summed E-state index contributed by atoms with van der Waals surface area (Å²) in [6.07, 6.45) is 1.88. The number of alkyl halides is 3. The highest BCUT2D eigenvalue weighted by Gasteiger charge is 2.32. The number of sulfonamides is 1. The number of hydrogen-bond donors (Lipinski definition) is 0. The van der Waals surface area contributed by atoms with Crippen LogP contribution in [0.3, 0.4) is 0 Å². The van der Waals surface area contributed by atoms with Gasteiger partial charge in [0, 0.05) is 18.8 Å². The lowest BCUT2D eigenvalue weighted by molar-refractivity contribution is -0.137. The fourth-order valence-electron chi connectivity index (χ4n) is 5.76. The highest BCUT2D eigenvalue weighted by atomic mass is 32.2. The number of halogens is 3. The van der Waals surface area contributed by atoms with Crippen molar-refractivity contribution in [2.75, 3.05) is 4.31 Å². The standard InChI is InChI=1S/C37H40F3N3O4S/c1-36(2,3)47-35(44)42(32-9-5-4-6-10-32)25-27-12-16-29(17-13-27)30-18-14-28(15-19-30)26-43(34-11-7-8-24-41-34)48(45,46)33-22-20-31(21-23-33)37(38,39)40/h7-8,11-24,32H,4-6,9-10,25-26H2,1-3H3. The number of ether oxygens (including phenoxy) is 1. The van der Waals surface area contributed by atoms with Crippen molar-refractivity contribution in [2.24, 2.45) is 0 Å². The van der Waals surface area contributed by atoms with Crippen molar-refractivity contribution in [3.63, 3.8) is 0 Å². The predicted molar refractivity (Wildman–Crippen MR) is 180 cm³/mol. The number of carbonyl (C=O) groups excluding carboxylic acids is 1. The summed E-state index contributed by atoms with van der Waals surface area (Å²) in [5, 5.41) is 0. The number of pyridine rings is 1. The summed E-state index contributed by atoms with van der Waals surface area (Å²) in [5.74, 6) is 0.144. The average molecular weight is 680 g/mol. The minimum atomic E-state index is -4.58. The molecule has 0 atom stereocenters. The lowest BCUT2D eigenvalue weighted by Gasteiger charge is -2.35. The zero-order valence-electron chi connectivity index (χ0n) is 27.3. The molecule has 0 aliphatic heterocycles. The molecule has 1 aliphatic rings. The van der Waals surface area contributed by atoms with Gasteiger partial charge in [-0.15, -0.1) is 0 Å². The summed E-state index contributed by atoms with van der Waals surface area (Å²) in [4.78, 5) is 19.0. The summed E-state index contributed by atoms with van der Waals surface area (Å²) in [6.45, 7) is 5.99. The number of hydrogen-bond acceptors (Lipinski definition) is 5. The highest BCUT2D eigenvalue weighted by Crippen LogP contribution is 2.32. The van der Waals surface area contributed by atoms with Gasteiger partial charge in [-0.2, -0.15) is 13.2 Å². The molecule has 4 aromatic rings. The minimum absolute atomic E-state index is 0.0821. The second-order valence-corrected chi connectivity index (χ2v) is 14.9. The van der Waals surface area contributed by atoms with Crippen LogP contribution in [0.2, 0.25) is 0 Å². The van der Waals surface area contributed by atoms with E-state index in [1.165, 1.54) is 18.7 Å². The molecule has 0 radical (unpaired) electrons. The van der Waals surface area contributed by atoms with E-state index >= 15 is 0 Å². The van der Waals surface area contributed by atoms with Crippen LogP contribution in [0.5, 0.6) is 0 Å². The fraction of sp³-hybridized carbons (Fsp3) is 0.351. The molecule has 5 rings (SSSR count). The van der Waals surface area contributed by atoms with Gasteiger partial charge in [-0.25, -0.2) is 22.5 Å². The first-order valence-electron chi connectivity index (χ1n) is 16.0. The fourth-order valence-corrected chi connectivity index (χ4v) is 7.17. The van der Waals surface area contributed by atoms with E-state index in [2.05, 4.69) is 4.98 Å². The second kappa shape index (κ2) is 14.4. The lowest BCUT2D eigenvalue weighted by Crippen LogP contribution is -2.43. The number of anilines is 1. The van der Waals surface area contributed by atoms with E-state index in [1.807, 2.05) is 74.2 Å². The van der Waals surface area contributed by atoms with Crippen LogP contribution in [0.25, 0.3) is 11.1 Å². The summed E-state index contributed by atoms with van der Waals surface area (Å²) in [7, 11) is -4.25. The average Bonchev–Trinajstić information content (AvgIpc) is 3.06. The van der Waals surface area contributed by atoms with Crippen molar-refractivity contribution in [2.45, 2.75) is 88.7 Å². The van der Waals surface area contributed by atoms with Gasteiger partial charge in [0.25, 0.3) is 10.0 Å². The van der Waals surface area contributed by atoms with Gasteiger partial charge >= 0.3 is 12.3 Å². The molecule has 7 nitrogen and oxygen atoms in total. The summed E-state index contributed by atoms with van der Waals surface area (Å²) < 4.78 is 73.5. The molecule has 1 aliphatic carbocycles. The normalized spacial score (nSPS) is 14.4. The Balaban J connectivity index is 1.33. The molecule has 11 heteroatoms. The molecule has 1 aromatic heterocycles. The predicted octanol–water partition coefficient (Wildman–Crippen LogP) is 9.23. The van der Waals surface area contributed by atoms with Gasteiger partial charge in [-0.05, 0) is 92.3 Å². The van der Waals surface area contributed by atoms with E-state index in [0.717, 1.165) is 70.9 Å². The van der Waals surface area contributed by atoms with Crippen LogP contribution >= 0.6 is 0 Å². The highest BCUT2D eigenvalue weighted by molar-refractivity contribution is 7.92. The third-order valence-corrected chi connectivity index (χ3v) is 10.0. The maximum atomic E-state index is 13.7. The van der Waals surface area contributed by atoms with Crippen molar-refractivity contribution >= 4 is 21.9 Å². The maximum absolute atomic E-state index is 13.7. The number of carbonyl (C=O) groups is 1. The number of aromatic nitrogens is 1. The van der Waals surface area contributed by atoms with E-state index in [1.54, 1.807) is 12.1 Å². The zero-order valence-corrected chi connectivity index (χ0v) is 28.1. The molecule has 0 spiro atoms. The monoisotopic (exact) mass is 679 g/mol. The molecule has 3 aromatic carbocycles. The van der Waals surface area contributed by atoms with Crippen LogP contribution in [-0.2, 0) is 34.0 Å². The first-order chi connectivity index (χ1) is 22.7. The molecule has 0 bridgehead atoms. The molecule has 1 amide bonds. The van der Waals surface area contributed by atoms with Gasteiger partial charge in [-0.3, -0.25) is 0 Å². The quantitative estimate of drug-likeness (QED) is 0.176. The van der Waals surface area contributed by atoms with Crippen molar-refractivity contribution in [3.05, 3.63) is 114 Å². The van der Waals surface area contributed by atoms with Gasteiger partial charge in [0.05, 0.1) is 17.0 Å². The Kier molecular flexibility index (Phi) is 10.5. The van der Waals surface area contributed by atoms with Gasteiger partial charge in [0.2, 0.25) is 0 Å². The molecule has 1 heterocycles. The van der Waals surface area contributed by atoms with E-state index in [9.17, 15) is 26.4 Å². The van der Waals surface area contributed by atoms with Crippen molar-refractivity contribution in [1.29, 1.82) is 0 Å². The van der Waals surface area contributed by atoms with Crippen LogP contribution in [0.1, 0.15) is 69.6 Å². The Labute approximate surface area is 280 Å². The molecule has 1 saturated carbocycles. The minimum Gasteiger partial charge on any atom is -0.444 e. The summed E-state index contributed by atoms with van der Waals surface area (Å²) >= 11 is 0. The van der Waals surface area contributed by atoms with Gasteiger partial charge in [0.15, 0.2) is 0 Å². The molecule has 1 fully saturated rings. The summed E-state index contributed by atoms with van der Waals surface area (Å²) in [6, 6.07) is 23.8. The first kappa shape index (κ1) is 34.9. The third-order valence-electron chi connectivity index (χ3n) is 8.24. The van der Waals surface area contributed by atoms with Crippen LogP contribution in [0.15, 0.2) is 102 Å². The SMILES string of the molecule is CC(C)(C)OC(=O)N(Cc1ccc(-c2ccc(CN(c3ccccn3)S(=O)(=O)c3ccc(C(F)(F)F)cc3)cc2)cc1)C1CCCCC1. The van der Waals surface area contributed by atoms with E-state index in [0.29, 0.717) is 12.1 Å². The van der Waals surface area contributed by atoms with E-state index in [4.69, 9.17) is 4.74 Å². The molecular weight excluding hydrogens is 639 g/mol. The molecular formula is C37H40F3N3O4S. The lowest BCUT2D eigenvalue weighted by atomic mass is 9.94. The van der Waals surface area contributed by atoms with E-state index in [-0.39, 0.29) is 29.4 Å². The van der Waals surface area contributed by atoms with E-state index < -0.39 is 27.4 Å². The van der Waals surface area contributed by atoms with Crippen LogP contribution < -0.4 is 4.31 Å². The number of nitrogens with zero attached hydrogens (tertiary/aromatic N) is 3. The second-order valence-electron chi connectivity index (χ2n) is 13.0. The Bertz CT molecular complexity index is 1770. The topological polar surface area (TPSA) is 79.8 Å². The molecule has 48 heavy (non-hydrogen) atoms. The van der Waals surface area contributed by atoms with Crippen molar-refractivity contribution in [3.8, 4) is 11.1 Å². The summed E-state index contributed by atoms with van der Waals surface area (Å²) in [5.41, 5.74) is 2.01. The number of benzene rings is 3. The van der Waals surface area contributed by atoms with Gasteiger partial charge < -0.3 is 9.64 Å². The maximum Gasteiger partial charge on any atom is 0.416 e.